The SMILES string of the molecule is COc1ccccc1C(C)N(C)S(=O)(=O)CBr. The molecule has 4 nitrogen and oxygen atoms in total. The molecule has 0 fully saturated rings. The molecule has 0 aliphatic carbocycles. The summed E-state index contributed by atoms with van der Waals surface area (Å²) >= 11 is 2.99. The van der Waals surface area contributed by atoms with Crippen molar-refractivity contribution in [2.45, 2.75) is 13.0 Å². The van der Waals surface area contributed by atoms with Crippen LogP contribution in [0, 0.1) is 0 Å². The van der Waals surface area contributed by atoms with Gasteiger partial charge in [0.05, 0.1) is 13.2 Å². The number of halogens is 1. The summed E-state index contributed by atoms with van der Waals surface area (Å²) in [4.78, 5) is 0. The van der Waals surface area contributed by atoms with Crippen LogP contribution in [-0.2, 0) is 10.0 Å². The molecule has 1 unspecified atom stereocenters. The molecule has 17 heavy (non-hydrogen) atoms. The van der Waals surface area contributed by atoms with E-state index in [1.54, 1.807) is 14.2 Å². The van der Waals surface area contributed by atoms with Crippen LogP contribution in [0.25, 0.3) is 0 Å². The molecule has 6 heteroatoms. The van der Waals surface area contributed by atoms with Crippen molar-refractivity contribution in [2.24, 2.45) is 0 Å². The first-order valence-corrected chi connectivity index (χ1v) is 7.81. The van der Waals surface area contributed by atoms with Crippen molar-refractivity contribution in [2.75, 3.05) is 18.8 Å². The van der Waals surface area contributed by atoms with E-state index >= 15 is 0 Å². The minimum Gasteiger partial charge on any atom is -0.496 e. The number of hydrogen-bond donors (Lipinski definition) is 0. The molecule has 0 saturated heterocycles. The minimum atomic E-state index is -3.28. The summed E-state index contributed by atoms with van der Waals surface area (Å²) in [5.41, 5.74) is 0.849. The van der Waals surface area contributed by atoms with Crippen LogP contribution in [0.5, 0.6) is 5.75 Å². The van der Waals surface area contributed by atoms with Gasteiger partial charge in [-0.25, -0.2) is 8.42 Å². The van der Waals surface area contributed by atoms with Crippen LogP contribution in [0.3, 0.4) is 0 Å². The molecule has 0 saturated carbocycles. The molecule has 0 bridgehead atoms. The molecular formula is C11H16BrNO3S. The lowest BCUT2D eigenvalue weighted by Crippen LogP contribution is -2.30. The van der Waals surface area contributed by atoms with Gasteiger partial charge in [0, 0.05) is 12.6 Å². The molecule has 0 amide bonds. The van der Waals surface area contributed by atoms with Crippen LogP contribution in [0.1, 0.15) is 18.5 Å². The third-order valence-corrected chi connectivity index (χ3v) is 5.92. The van der Waals surface area contributed by atoms with Crippen LogP contribution in [0.4, 0.5) is 0 Å². The topological polar surface area (TPSA) is 46.6 Å². The minimum absolute atomic E-state index is 0.0873. The summed E-state index contributed by atoms with van der Waals surface area (Å²) < 4.78 is 30.0. The van der Waals surface area contributed by atoms with Gasteiger partial charge in [0.2, 0.25) is 10.0 Å². The fourth-order valence-electron chi connectivity index (χ4n) is 1.53. The summed E-state index contributed by atoms with van der Waals surface area (Å²) in [5.74, 6) is 0.691. The smallest absolute Gasteiger partial charge is 0.224 e. The van der Waals surface area contributed by atoms with Gasteiger partial charge in [-0.3, -0.25) is 0 Å². The first-order chi connectivity index (χ1) is 7.94. The Morgan fingerprint density at radius 3 is 2.53 bits per heavy atom. The lowest BCUT2D eigenvalue weighted by atomic mass is 10.1. The van der Waals surface area contributed by atoms with Gasteiger partial charge in [-0.1, -0.05) is 34.1 Å². The molecule has 0 aliphatic rings. The molecule has 0 aromatic heterocycles. The van der Waals surface area contributed by atoms with E-state index in [-0.39, 0.29) is 10.7 Å². The van der Waals surface area contributed by atoms with Crippen molar-refractivity contribution in [1.82, 2.24) is 4.31 Å². The monoisotopic (exact) mass is 321 g/mol. The van der Waals surface area contributed by atoms with E-state index in [2.05, 4.69) is 15.9 Å². The Morgan fingerprint density at radius 1 is 1.41 bits per heavy atom. The number of para-hydroxylation sites is 1. The maximum atomic E-state index is 11.8. The molecule has 1 atom stereocenters. The number of hydrogen-bond acceptors (Lipinski definition) is 3. The van der Waals surface area contributed by atoms with Crippen LogP contribution in [-0.4, -0.2) is 31.5 Å². The second kappa shape index (κ2) is 5.84. The van der Waals surface area contributed by atoms with Crippen molar-refractivity contribution >= 4 is 26.0 Å². The van der Waals surface area contributed by atoms with Gasteiger partial charge >= 0.3 is 0 Å². The Kier molecular flexibility index (Phi) is 4.97. The van der Waals surface area contributed by atoms with Gasteiger partial charge in [-0.15, -0.1) is 0 Å². The molecule has 0 heterocycles. The largest absolute Gasteiger partial charge is 0.496 e. The normalized spacial score (nSPS) is 13.7. The van der Waals surface area contributed by atoms with E-state index in [1.165, 1.54) is 4.31 Å². The second-order valence-electron chi connectivity index (χ2n) is 3.66. The highest BCUT2D eigenvalue weighted by atomic mass is 79.9. The zero-order valence-corrected chi connectivity index (χ0v) is 12.5. The molecule has 0 N–H and O–H groups in total. The van der Waals surface area contributed by atoms with Crippen molar-refractivity contribution < 1.29 is 13.2 Å². The second-order valence-corrected chi connectivity index (χ2v) is 6.99. The van der Waals surface area contributed by atoms with Gasteiger partial charge < -0.3 is 4.74 Å². The molecule has 96 valence electrons. The number of sulfonamides is 1. The number of rotatable bonds is 5. The first kappa shape index (κ1) is 14.5. The molecule has 0 radical (unpaired) electrons. The van der Waals surface area contributed by atoms with Crippen LogP contribution >= 0.6 is 15.9 Å². The number of ether oxygens (including phenoxy) is 1. The van der Waals surface area contributed by atoms with E-state index in [9.17, 15) is 8.42 Å². The van der Waals surface area contributed by atoms with Crippen molar-refractivity contribution in [3.63, 3.8) is 0 Å². The molecule has 1 rings (SSSR count). The lowest BCUT2D eigenvalue weighted by Gasteiger charge is -2.25. The third-order valence-electron chi connectivity index (χ3n) is 2.71. The summed E-state index contributed by atoms with van der Waals surface area (Å²) in [6, 6.07) is 7.13. The quantitative estimate of drug-likeness (QED) is 0.782. The van der Waals surface area contributed by atoms with Gasteiger partial charge in [0.25, 0.3) is 0 Å². The Bertz CT molecular complexity index is 475. The number of nitrogens with zero attached hydrogens (tertiary/aromatic N) is 1. The average Bonchev–Trinajstić information content (AvgIpc) is 2.36. The van der Waals surface area contributed by atoms with Gasteiger partial charge in [0.15, 0.2) is 0 Å². The average molecular weight is 322 g/mol. The van der Waals surface area contributed by atoms with E-state index < -0.39 is 10.0 Å². The zero-order chi connectivity index (χ0) is 13.1. The molecule has 0 spiro atoms. The van der Waals surface area contributed by atoms with Gasteiger partial charge in [-0.05, 0) is 13.0 Å². The van der Waals surface area contributed by atoms with Gasteiger partial charge in [0.1, 0.15) is 10.4 Å². The van der Waals surface area contributed by atoms with E-state index in [4.69, 9.17) is 4.74 Å². The standard InChI is InChI=1S/C11H16BrNO3S/c1-9(13(2)17(14,15)8-12)10-6-4-5-7-11(10)16-3/h4-7,9H,8H2,1-3H3. The summed E-state index contributed by atoms with van der Waals surface area (Å²) in [6.07, 6.45) is 0. The van der Waals surface area contributed by atoms with Crippen LogP contribution < -0.4 is 4.74 Å². The fourth-order valence-corrected chi connectivity index (χ4v) is 3.24. The molecule has 0 aliphatic heterocycles. The highest BCUT2D eigenvalue weighted by molar-refractivity contribution is 9.10. The lowest BCUT2D eigenvalue weighted by molar-refractivity contribution is 0.368. The van der Waals surface area contributed by atoms with Crippen molar-refractivity contribution in [1.29, 1.82) is 0 Å². The van der Waals surface area contributed by atoms with E-state index in [0.717, 1.165) is 5.56 Å². The molecule has 1 aromatic carbocycles. The van der Waals surface area contributed by atoms with Crippen LogP contribution in [0.15, 0.2) is 24.3 Å². The predicted molar refractivity (Wildman–Crippen MR) is 71.9 cm³/mol. The predicted octanol–water partition coefficient (Wildman–Crippen LogP) is 2.37. The summed E-state index contributed by atoms with van der Waals surface area (Å²) in [7, 11) is -0.139. The molecular weight excluding hydrogens is 306 g/mol. The highest BCUT2D eigenvalue weighted by Gasteiger charge is 2.24. The number of benzene rings is 1. The first-order valence-electron chi connectivity index (χ1n) is 5.08. The number of methoxy groups -OCH3 is 1. The van der Waals surface area contributed by atoms with Crippen molar-refractivity contribution in [3.05, 3.63) is 29.8 Å². The fraction of sp³-hybridized carbons (Fsp3) is 0.455. The third kappa shape index (κ3) is 3.20. The Balaban J connectivity index is 3.08. The van der Waals surface area contributed by atoms with E-state index in [0.29, 0.717) is 5.75 Å². The van der Waals surface area contributed by atoms with E-state index in [1.807, 2.05) is 31.2 Å². The highest BCUT2D eigenvalue weighted by Crippen LogP contribution is 2.29. The Labute approximate surface area is 111 Å². The Hall–Kier alpha value is -0.590. The zero-order valence-electron chi connectivity index (χ0n) is 10.1. The van der Waals surface area contributed by atoms with Crippen molar-refractivity contribution in [3.8, 4) is 5.75 Å². The maximum Gasteiger partial charge on any atom is 0.224 e. The summed E-state index contributed by atoms with van der Waals surface area (Å²) in [5, 5.41) is 0. The Morgan fingerprint density at radius 2 is 2.00 bits per heavy atom. The maximum absolute atomic E-state index is 11.8. The van der Waals surface area contributed by atoms with Gasteiger partial charge in [-0.2, -0.15) is 4.31 Å². The number of alkyl halides is 1. The van der Waals surface area contributed by atoms with Crippen LogP contribution in [0.2, 0.25) is 0 Å². The molecule has 1 aromatic rings. The summed E-state index contributed by atoms with van der Waals surface area (Å²) in [6.45, 7) is 1.83.